The van der Waals surface area contributed by atoms with Crippen molar-refractivity contribution in [1.29, 1.82) is 0 Å². The first-order valence-electron chi connectivity index (χ1n) is 5.40. The number of hydrogen-bond acceptors (Lipinski definition) is 3. The molecule has 3 heteroatoms. The zero-order valence-corrected chi connectivity index (χ0v) is 9.73. The van der Waals surface area contributed by atoms with Gasteiger partial charge in [-0.2, -0.15) is 0 Å². The van der Waals surface area contributed by atoms with E-state index in [9.17, 15) is 0 Å². The Morgan fingerprint density at radius 1 is 1.40 bits per heavy atom. The Balaban J connectivity index is 2.38. The number of nitrogens with one attached hydrogen (secondary N) is 1. The van der Waals surface area contributed by atoms with Gasteiger partial charge in [0.15, 0.2) is 0 Å². The molecule has 0 saturated carbocycles. The van der Waals surface area contributed by atoms with Gasteiger partial charge in [-0.05, 0) is 32.4 Å². The van der Waals surface area contributed by atoms with Gasteiger partial charge in [0.05, 0.1) is 5.69 Å². The van der Waals surface area contributed by atoms with Crippen LogP contribution in [-0.4, -0.2) is 24.7 Å². The monoisotopic (exact) mass is 208 g/mol. The molecule has 0 aromatic carbocycles. The van der Waals surface area contributed by atoms with E-state index >= 15 is 0 Å². The molecular formula is C12H20N2O. The summed E-state index contributed by atoms with van der Waals surface area (Å²) < 4.78 is 5.04. The van der Waals surface area contributed by atoms with Crippen molar-refractivity contribution in [3.8, 4) is 0 Å². The van der Waals surface area contributed by atoms with Crippen molar-refractivity contribution < 1.29 is 4.74 Å². The van der Waals surface area contributed by atoms with Gasteiger partial charge >= 0.3 is 0 Å². The van der Waals surface area contributed by atoms with E-state index in [4.69, 9.17) is 4.74 Å². The average Bonchev–Trinajstić information content (AvgIpc) is 2.27. The molecule has 0 fully saturated rings. The van der Waals surface area contributed by atoms with E-state index in [1.807, 2.05) is 24.4 Å². The summed E-state index contributed by atoms with van der Waals surface area (Å²) in [5.41, 5.74) is 1.08. The Labute approximate surface area is 91.9 Å². The molecular weight excluding hydrogens is 188 g/mol. The van der Waals surface area contributed by atoms with Crippen molar-refractivity contribution in [3.63, 3.8) is 0 Å². The molecule has 0 aliphatic carbocycles. The highest BCUT2D eigenvalue weighted by Crippen LogP contribution is 2.09. The van der Waals surface area contributed by atoms with Crippen LogP contribution in [0, 0.1) is 0 Å². The molecule has 1 aromatic heterocycles. The van der Waals surface area contributed by atoms with E-state index in [-0.39, 0.29) is 6.04 Å². The largest absolute Gasteiger partial charge is 0.385 e. The normalized spacial score (nSPS) is 14.9. The highest BCUT2D eigenvalue weighted by Gasteiger charge is 2.09. The van der Waals surface area contributed by atoms with E-state index in [1.165, 1.54) is 0 Å². The number of ether oxygens (including phenoxy) is 1. The first-order chi connectivity index (χ1) is 7.24. The lowest BCUT2D eigenvalue weighted by atomic mass is 10.1. The van der Waals surface area contributed by atoms with Crippen molar-refractivity contribution in [1.82, 2.24) is 10.3 Å². The van der Waals surface area contributed by atoms with Crippen LogP contribution in [0.3, 0.4) is 0 Å². The minimum absolute atomic E-state index is 0.290. The second-order valence-corrected chi connectivity index (χ2v) is 3.83. The molecule has 15 heavy (non-hydrogen) atoms. The van der Waals surface area contributed by atoms with Gasteiger partial charge in [-0.25, -0.2) is 0 Å². The quantitative estimate of drug-likeness (QED) is 0.778. The summed E-state index contributed by atoms with van der Waals surface area (Å²) in [6, 6.07) is 6.73. The number of rotatable bonds is 6. The number of pyridine rings is 1. The molecule has 1 aromatic rings. The molecule has 1 unspecified atom stereocenters. The summed E-state index contributed by atoms with van der Waals surface area (Å²) in [4.78, 5) is 4.32. The van der Waals surface area contributed by atoms with E-state index in [2.05, 4.69) is 24.1 Å². The lowest BCUT2D eigenvalue weighted by Gasteiger charge is -2.19. The lowest BCUT2D eigenvalue weighted by Crippen LogP contribution is -2.30. The van der Waals surface area contributed by atoms with Gasteiger partial charge in [0.2, 0.25) is 0 Å². The smallest absolute Gasteiger partial charge is 0.0570 e. The van der Waals surface area contributed by atoms with E-state index in [1.54, 1.807) is 7.11 Å². The van der Waals surface area contributed by atoms with Crippen molar-refractivity contribution in [2.24, 2.45) is 0 Å². The third kappa shape index (κ3) is 4.40. The summed E-state index contributed by atoms with van der Waals surface area (Å²) in [5.74, 6) is 0. The fraction of sp³-hybridized carbons (Fsp3) is 0.583. The predicted octanol–water partition coefficient (Wildman–Crippen LogP) is 2.16. The molecule has 0 amide bonds. The second kappa shape index (κ2) is 6.53. The Bertz CT molecular complexity index is 264. The van der Waals surface area contributed by atoms with E-state index < -0.39 is 0 Å². The highest BCUT2D eigenvalue weighted by atomic mass is 16.5. The molecule has 0 aliphatic rings. The zero-order chi connectivity index (χ0) is 11.1. The Hall–Kier alpha value is -0.930. The number of nitrogens with zero attached hydrogens (tertiary/aromatic N) is 1. The average molecular weight is 208 g/mol. The topological polar surface area (TPSA) is 34.1 Å². The predicted molar refractivity (Wildman–Crippen MR) is 61.7 cm³/mol. The van der Waals surface area contributed by atoms with Gasteiger partial charge in [-0.15, -0.1) is 0 Å². The molecule has 1 heterocycles. The van der Waals surface area contributed by atoms with Crippen LogP contribution in [0.25, 0.3) is 0 Å². The third-order valence-electron chi connectivity index (χ3n) is 2.42. The summed E-state index contributed by atoms with van der Waals surface area (Å²) in [5, 5.41) is 3.49. The summed E-state index contributed by atoms with van der Waals surface area (Å²) in [7, 11) is 1.73. The van der Waals surface area contributed by atoms with Crippen molar-refractivity contribution in [2.75, 3.05) is 13.7 Å². The van der Waals surface area contributed by atoms with Crippen LogP contribution in [-0.2, 0) is 4.74 Å². The molecule has 0 radical (unpaired) electrons. The molecule has 2 atom stereocenters. The molecule has 1 N–H and O–H groups in total. The van der Waals surface area contributed by atoms with Gasteiger partial charge < -0.3 is 10.1 Å². The lowest BCUT2D eigenvalue weighted by molar-refractivity contribution is 0.183. The highest BCUT2D eigenvalue weighted by molar-refractivity contribution is 5.07. The zero-order valence-electron chi connectivity index (χ0n) is 9.73. The van der Waals surface area contributed by atoms with Crippen molar-refractivity contribution in [2.45, 2.75) is 32.4 Å². The molecule has 0 aliphatic heterocycles. The Kier molecular flexibility index (Phi) is 5.29. The van der Waals surface area contributed by atoms with Crippen LogP contribution in [0.4, 0.5) is 0 Å². The van der Waals surface area contributed by atoms with Crippen LogP contribution in [0.2, 0.25) is 0 Å². The van der Waals surface area contributed by atoms with Crippen molar-refractivity contribution in [3.05, 3.63) is 30.1 Å². The molecule has 0 saturated heterocycles. The molecule has 0 spiro atoms. The maximum atomic E-state index is 5.04. The SMILES string of the molecule is COCCC(C)N[C@@H](C)c1ccccn1. The molecule has 0 bridgehead atoms. The minimum Gasteiger partial charge on any atom is -0.385 e. The van der Waals surface area contributed by atoms with E-state index in [0.29, 0.717) is 6.04 Å². The Morgan fingerprint density at radius 2 is 2.20 bits per heavy atom. The number of aromatic nitrogens is 1. The summed E-state index contributed by atoms with van der Waals surface area (Å²) in [6.45, 7) is 5.09. The number of methoxy groups -OCH3 is 1. The van der Waals surface area contributed by atoms with Gasteiger partial charge in [0.1, 0.15) is 0 Å². The third-order valence-corrected chi connectivity index (χ3v) is 2.42. The van der Waals surface area contributed by atoms with Gasteiger partial charge in [-0.3, -0.25) is 4.98 Å². The standard InChI is InChI=1S/C12H20N2O/c1-10(7-9-15-3)14-11(2)12-6-4-5-8-13-12/h4-6,8,10-11,14H,7,9H2,1-3H3/t10?,11-/m0/s1. The second-order valence-electron chi connectivity index (χ2n) is 3.83. The maximum absolute atomic E-state index is 5.04. The molecule has 84 valence electrons. The van der Waals surface area contributed by atoms with Crippen LogP contribution < -0.4 is 5.32 Å². The summed E-state index contributed by atoms with van der Waals surface area (Å²) >= 11 is 0. The minimum atomic E-state index is 0.290. The summed E-state index contributed by atoms with van der Waals surface area (Å²) in [6.07, 6.45) is 2.85. The van der Waals surface area contributed by atoms with Gasteiger partial charge in [0.25, 0.3) is 0 Å². The molecule has 1 rings (SSSR count). The maximum Gasteiger partial charge on any atom is 0.0570 e. The Morgan fingerprint density at radius 3 is 2.80 bits per heavy atom. The van der Waals surface area contributed by atoms with E-state index in [0.717, 1.165) is 18.7 Å². The first-order valence-corrected chi connectivity index (χ1v) is 5.40. The number of hydrogen-bond donors (Lipinski definition) is 1. The molecule has 3 nitrogen and oxygen atoms in total. The van der Waals surface area contributed by atoms with Gasteiger partial charge in [-0.1, -0.05) is 6.07 Å². The van der Waals surface area contributed by atoms with Gasteiger partial charge in [0, 0.05) is 32.0 Å². The fourth-order valence-corrected chi connectivity index (χ4v) is 1.52. The van der Waals surface area contributed by atoms with Crippen molar-refractivity contribution >= 4 is 0 Å². The van der Waals surface area contributed by atoms with Crippen LogP contribution in [0.15, 0.2) is 24.4 Å². The first kappa shape index (κ1) is 12.1. The van der Waals surface area contributed by atoms with Crippen LogP contribution in [0.5, 0.6) is 0 Å². The van der Waals surface area contributed by atoms with Crippen LogP contribution >= 0.6 is 0 Å². The van der Waals surface area contributed by atoms with Crippen LogP contribution in [0.1, 0.15) is 32.0 Å². The fourth-order valence-electron chi connectivity index (χ4n) is 1.52.